The van der Waals surface area contributed by atoms with Crippen molar-refractivity contribution in [2.75, 3.05) is 34.9 Å². The van der Waals surface area contributed by atoms with E-state index in [0.717, 1.165) is 58.0 Å². The van der Waals surface area contributed by atoms with E-state index in [2.05, 4.69) is 94.7 Å². The fourth-order valence-corrected chi connectivity index (χ4v) is 6.06. The molecule has 2 aromatic carbocycles. The summed E-state index contributed by atoms with van der Waals surface area (Å²) in [5.74, 6) is 4.28. The van der Waals surface area contributed by atoms with Crippen LogP contribution in [-0.4, -0.2) is 39.9 Å². The number of aromatic nitrogens is 4. The predicted molar refractivity (Wildman–Crippen MR) is 213 cm³/mol. The van der Waals surface area contributed by atoms with E-state index in [1.165, 1.54) is 12.8 Å². The average molecular weight is 769 g/mol. The quantitative estimate of drug-likeness (QED) is 0.0454. The van der Waals surface area contributed by atoms with Crippen molar-refractivity contribution in [1.82, 2.24) is 25.3 Å². The molecular formula is C38H43BrClN11. The van der Waals surface area contributed by atoms with Gasteiger partial charge in [0, 0.05) is 55.1 Å². The summed E-state index contributed by atoms with van der Waals surface area (Å²) >= 11 is 9.92. The third-order valence-corrected chi connectivity index (χ3v) is 9.58. The van der Waals surface area contributed by atoms with E-state index in [4.69, 9.17) is 17.3 Å². The zero-order chi connectivity index (χ0) is 36.1. The van der Waals surface area contributed by atoms with E-state index in [1.807, 2.05) is 61.5 Å². The van der Waals surface area contributed by atoms with Crippen molar-refractivity contribution in [1.29, 1.82) is 0 Å². The summed E-state index contributed by atoms with van der Waals surface area (Å²) < 4.78 is 0.646. The second-order valence-corrected chi connectivity index (χ2v) is 14.2. The van der Waals surface area contributed by atoms with E-state index < -0.39 is 0 Å². The Hall–Kier alpha value is -4.94. The first kappa shape index (κ1) is 35.9. The highest BCUT2D eigenvalue weighted by Crippen LogP contribution is 2.39. The summed E-state index contributed by atoms with van der Waals surface area (Å²) in [7, 11) is 3.79. The summed E-state index contributed by atoms with van der Waals surface area (Å²) in [6.07, 6.45) is 11.9. The van der Waals surface area contributed by atoms with Crippen LogP contribution in [0.2, 0.25) is 5.02 Å². The molecule has 2 saturated carbocycles. The molecular weight excluding hydrogens is 726 g/mol. The highest BCUT2D eigenvalue weighted by molar-refractivity contribution is 9.10. The van der Waals surface area contributed by atoms with Gasteiger partial charge in [-0.25, -0.2) is 15.0 Å². The molecule has 2 fully saturated rings. The lowest BCUT2D eigenvalue weighted by Gasteiger charge is -2.18. The topological polar surface area (TPSA) is 141 Å². The number of nitrogens with zero attached hydrogens (tertiary/aromatic N) is 6. The Balaban J connectivity index is 1.15. The van der Waals surface area contributed by atoms with Crippen molar-refractivity contribution >= 4 is 68.3 Å². The summed E-state index contributed by atoms with van der Waals surface area (Å²) in [6.45, 7) is 8.90. The predicted octanol–water partition coefficient (Wildman–Crippen LogP) is 8.51. The number of benzene rings is 2. The molecule has 2 heterocycles. The van der Waals surface area contributed by atoms with Crippen LogP contribution in [0.4, 0.5) is 34.9 Å². The summed E-state index contributed by atoms with van der Waals surface area (Å²) in [4.78, 5) is 24.9. The molecule has 11 nitrogen and oxygen atoms in total. The summed E-state index contributed by atoms with van der Waals surface area (Å²) in [6, 6.07) is 13.7. The van der Waals surface area contributed by atoms with Gasteiger partial charge in [0.15, 0.2) is 5.82 Å². The monoisotopic (exact) mass is 767 g/mol. The van der Waals surface area contributed by atoms with Crippen LogP contribution < -0.4 is 31.9 Å². The van der Waals surface area contributed by atoms with Gasteiger partial charge >= 0.3 is 0 Å². The van der Waals surface area contributed by atoms with Crippen LogP contribution in [0.25, 0.3) is 0 Å². The number of amidine groups is 1. The van der Waals surface area contributed by atoms with Crippen LogP contribution in [0.3, 0.4) is 0 Å². The van der Waals surface area contributed by atoms with Crippen molar-refractivity contribution in [2.45, 2.75) is 46.1 Å². The Bertz CT molecular complexity index is 1990. The average Bonchev–Trinajstić information content (AvgIpc) is 4.02. The molecule has 0 saturated heterocycles. The van der Waals surface area contributed by atoms with Crippen LogP contribution in [0.15, 0.2) is 100 Å². The number of aryl methyl sites for hydroxylation is 2. The van der Waals surface area contributed by atoms with Gasteiger partial charge in [0.2, 0.25) is 11.9 Å². The second-order valence-electron chi connectivity index (χ2n) is 13.0. The van der Waals surface area contributed by atoms with Gasteiger partial charge in [-0.3, -0.25) is 0 Å². The molecule has 4 aromatic rings. The Kier molecular flexibility index (Phi) is 11.2. The lowest BCUT2D eigenvalue weighted by atomic mass is 10.1. The number of halogens is 2. The molecule has 2 aliphatic rings. The molecule has 0 bridgehead atoms. The highest BCUT2D eigenvalue weighted by atomic mass is 79.9. The first-order valence-electron chi connectivity index (χ1n) is 16.9. The van der Waals surface area contributed by atoms with Gasteiger partial charge in [-0.05, 0) is 126 Å². The molecule has 6 N–H and O–H groups in total. The van der Waals surface area contributed by atoms with Gasteiger partial charge in [0.25, 0.3) is 0 Å². The molecule has 0 unspecified atom stereocenters. The molecule has 6 rings (SSSR count). The van der Waals surface area contributed by atoms with Crippen molar-refractivity contribution in [3.8, 4) is 0 Å². The fraction of sp³-hybridized carbons (Fsp3) is 0.289. The first-order valence-corrected chi connectivity index (χ1v) is 18.1. The Morgan fingerprint density at radius 3 is 2.45 bits per heavy atom. The lowest BCUT2D eigenvalue weighted by molar-refractivity contribution is 0.865. The largest absolute Gasteiger partial charge is 0.384 e. The SMILES string of the molecule is C=C(/C=C(\NC)Nc1ccnc(Nc2cc(C)c(N/C(=C\C(N)=Nc3nc(N(C)Cc4ccccc4Cl)ncc3Br)C3CC3)c(C)c2)n1)C1CC1. The Labute approximate surface area is 312 Å². The molecule has 264 valence electrons. The molecule has 13 heteroatoms. The fourth-order valence-electron chi connectivity index (χ4n) is 5.59. The first-order chi connectivity index (χ1) is 24.6. The van der Waals surface area contributed by atoms with E-state index in [-0.39, 0.29) is 0 Å². The van der Waals surface area contributed by atoms with Crippen molar-refractivity contribution in [3.05, 3.63) is 117 Å². The van der Waals surface area contributed by atoms with Crippen LogP contribution in [0, 0.1) is 25.7 Å². The zero-order valence-corrected chi connectivity index (χ0v) is 31.6. The van der Waals surface area contributed by atoms with Crippen LogP contribution in [-0.2, 0) is 6.54 Å². The van der Waals surface area contributed by atoms with Crippen molar-refractivity contribution < 1.29 is 0 Å². The number of allylic oxidation sites excluding steroid dienone is 3. The maximum Gasteiger partial charge on any atom is 0.229 e. The van der Waals surface area contributed by atoms with E-state index in [9.17, 15) is 0 Å². The number of anilines is 5. The Morgan fingerprint density at radius 2 is 1.76 bits per heavy atom. The van der Waals surface area contributed by atoms with Gasteiger partial charge in [-0.15, -0.1) is 0 Å². The molecule has 2 aliphatic carbocycles. The van der Waals surface area contributed by atoms with Gasteiger partial charge in [0.1, 0.15) is 17.5 Å². The maximum absolute atomic E-state index is 6.52. The van der Waals surface area contributed by atoms with E-state index >= 15 is 0 Å². The molecule has 51 heavy (non-hydrogen) atoms. The minimum Gasteiger partial charge on any atom is -0.384 e. The van der Waals surface area contributed by atoms with Gasteiger partial charge in [-0.2, -0.15) is 9.97 Å². The number of hydrogen-bond donors (Lipinski definition) is 5. The third kappa shape index (κ3) is 9.65. The molecule has 2 aromatic heterocycles. The molecule has 0 aliphatic heterocycles. The zero-order valence-electron chi connectivity index (χ0n) is 29.3. The molecule has 0 radical (unpaired) electrons. The smallest absolute Gasteiger partial charge is 0.229 e. The van der Waals surface area contributed by atoms with E-state index in [1.54, 1.807) is 12.4 Å². The van der Waals surface area contributed by atoms with Crippen molar-refractivity contribution in [3.63, 3.8) is 0 Å². The number of hydrogen-bond acceptors (Lipinski definition) is 10. The summed E-state index contributed by atoms with van der Waals surface area (Å²) in [5, 5.41) is 14.3. The van der Waals surface area contributed by atoms with Gasteiger partial charge in [0.05, 0.1) is 4.47 Å². The normalized spacial score (nSPS) is 15.0. The Morgan fingerprint density at radius 1 is 1.04 bits per heavy atom. The van der Waals surface area contributed by atoms with Crippen molar-refractivity contribution in [2.24, 2.45) is 22.6 Å². The van der Waals surface area contributed by atoms with Gasteiger partial charge < -0.3 is 31.9 Å². The maximum atomic E-state index is 6.52. The molecule has 0 atom stereocenters. The standard InChI is InChI=1S/C38H43BrClN11/c1-22(25-10-11-25)18-34(42-4)48-33-14-15-43-37(49-33)45-28-16-23(2)35(24(3)17-28)46-31(26-12-13-26)19-32(41)47-36-29(39)20-44-38(50-36)51(5)21-27-8-6-7-9-30(27)40/h6-9,14-20,25-26,42,46H,1,10-13,21H2,2-5H3,(H2,41,44,47,50)(H2,43,45,48,49)/b31-19-,34-18+. The lowest BCUT2D eigenvalue weighted by Crippen LogP contribution is -2.19. The number of nitrogens with one attached hydrogen (secondary N) is 4. The minimum absolute atomic E-state index is 0.343. The summed E-state index contributed by atoms with van der Waals surface area (Å²) in [5.41, 5.74) is 13.7. The van der Waals surface area contributed by atoms with Gasteiger partial charge in [-0.1, -0.05) is 36.4 Å². The van der Waals surface area contributed by atoms with E-state index in [0.29, 0.717) is 57.2 Å². The number of aliphatic imine (C=N–C) groups is 1. The minimum atomic E-state index is 0.343. The molecule has 0 spiro atoms. The third-order valence-electron chi connectivity index (χ3n) is 8.65. The van der Waals surface area contributed by atoms with Crippen LogP contribution in [0.5, 0.6) is 0 Å². The number of rotatable bonds is 15. The number of nitrogens with two attached hydrogens (primary N) is 1. The van der Waals surface area contributed by atoms with Crippen LogP contribution in [0.1, 0.15) is 42.4 Å². The second kappa shape index (κ2) is 15.9. The highest BCUT2D eigenvalue weighted by Gasteiger charge is 2.27. The molecule has 0 amide bonds. The van der Waals surface area contributed by atoms with Crippen LogP contribution >= 0.6 is 27.5 Å².